The average Bonchev–Trinajstić information content (AvgIpc) is 3.47. The zero-order valence-corrected chi connectivity index (χ0v) is 23.3. The van der Waals surface area contributed by atoms with Crippen molar-refractivity contribution in [1.29, 1.82) is 0 Å². The van der Waals surface area contributed by atoms with Gasteiger partial charge in [-0.15, -0.1) is 0 Å². The van der Waals surface area contributed by atoms with Crippen LogP contribution < -0.4 is 14.5 Å². The number of carbonyl (C=O) groups excluding carboxylic acids is 1. The van der Waals surface area contributed by atoms with E-state index in [1.54, 1.807) is 0 Å². The second-order valence-electron chi connectivity index (χ2n) is 12.0. The van der Waals surface area contributed by atoms with Gasteiger partial charge in [-0.05, 0) is 69.2 Å². The number of likely N-dealkylation sites (tertiary alicyclic amines) is 2. The summed E-state index contributed by atoms with van der Waals surface area (Å²) in [4.78, 5) is 35.6. The Morgan fingerprint density at radius 3 is 2.83 bits per heavy atom. The smallest absolute Gasteiger partial charge is 0.318 e. The minimum Gasteiger partial charge on any atom is -0.462 e. The molecule has 0 bridgehead atoms. The fourth-order valence-electron chi connectivity index (χ4n) is 7.44. The third-order valence-electron chi connectivity index (χ3n) is 9.68. The van der Waals surface area contributed by atoms with Gasteiger partial charge in [0.15, 0.2) is 0 Å². The number of carbonyl (C=O) groups is 1. The lowest BCUT2D eigenvalue weighted by atomic mass is 9.91. The van der Waals surface area contributed by atoms with Crippen LogP contribution in [0.25, 0.3) is 0 Å². The van der Waals surface area contributed by atoms with Gasteiger partial charge in [-0.1, -0.05) is 6.58 Å². The number of aryl methyl sites for hydroxylation is 1. The summed E-state index contributed by atoms with van der Waals surface area (Å²) < 4.78 is 20.2. The summed E-state index contributed by atoms with van der Waals surface area (Å²) >= 11 is 0. The SMILES string of the molecule is C=CC(=O)N1CC[C@@H]2[C@H]1CN2c1nc(OC[C@@H]2C[C@@H](F)CN2C)nc2c1CCN(c1cncc3c1CCCC3)C2. The Labute approximate surface area is 235 Å². The fourth-order valence-corrected chi connectivity index (χ4v) is 7.44. The third kappa shape index (κ3) is 4.40. The number of nitrogens with zero attached hydrogens (tertiary/aromatic N) is 7. The summed E-state index contributed by atoms with van der Waals surface area (Å²) in [7, 11) is 1.94. The lowest BCUT2D eigenvalue weighted by Crippen LogP contribution is -2.63. The first-order valence-electron chi connectivity index (χ1n) is 14.8. The molecule has 10 heteroatoms. The van der Waals surface area contributed by atoms with Crippen molar-refractivity contribution in [2.45, 2.75) is 75.8 Å². The van der Waals surface area contributed by atoms with Crippen LogP contribution >= 0.6 is 0 Å². The van der Waals surface area contributed by atoms with Crippen LogP contribution in [0.5, 0.6) is 6.01 Å². The molecule has 6 heterocycles. The summed E-state index contributed by atoms with van der Waals surface area (Å²) in [6.07, 6.45) is 11.5. The largest absolute Gasteiger partial charge is 0.462 e. The van der Waals surface area contributed by atoms with E-state index in [1.165, 1.54) is 41.3 Å². The standard InChI is InChI=1S/C30H38FN7O2/c1-3-28(39)37-11-9-25-27(37)17-38(25)29-23-8-10-36(26-14-32-13-19-6-4-5-7-22(19)26)16-24(23)33-30(34-29)40-18-21-12-20(31)15-35(21)2/h3,13-14,20-21,25,27H,1,4-12,15-18H2,2H3/t20-,21+,25-,27-/m1/s1. The van der Waals surface area contributed by atoms with Crippen molar-refractivity contribution in [2.24, 2.45) is 0 Å². The average molecular weight is 548 g/mol. The van der Waals surface area contributed by atoms with E-state index in [0.717, 1.165) is 56.8 Å². The van der Waals surface area contributed by atoms with E-state index in [1.807, 2.05) is 29.2 Å². The van der Waals surface area contributed by atoms with Gasteiger partial charge in [0, 0.05) is 44.0 Å². The molecular formula is C30H38FN7O2. The van der Waals surface area contributed by atoms with Gasteiger partial charge < -0.3 is 19.4 Å². The summed E-state index contributed by atoms with van der Waals surface area (Å²) in [5.74, 6) is 0.938. The normalized spacial score (nSPS) is 27.6. The van der Waals surface area contributed by atoms with Gasteiger partial charge in [-0.2, -0.15) is 9.97 Å². The molecular weight excluding hydrogens is 509 g/mol. The molecule has 9 nitrogen and oxygen atoms in total. The molecule has 4 aliphatic heterocycles. The van der Waals surface area contributed by atoms with Crippen molar-refractivity contribution in [1.82, 2.24) is 24.8 Å². The van der Waals surface area contributed by atoms with Crippen LogP contribution in [0.3, 0.4) is 0 Å². The number of amides is 1. The molecule has 212 valence electrons. The molecule has 2 aromatic rings. The zero-order valence-electron chi connectivity index (χ0n) is 23.3. The van der Waals surface area contributed by atoms with E-state index in [0.29, 0.717) is 32.1 Å². The Bertz CT molecular complexity index is 1320. The van der Waals surface area contributed by atoms with E-state index in [2.05, 4.69) is 21.4 Å². The predicted octanol–water partition coefficient (Wildman–Crippen LogP) is 2.71. The second kappa shape index (κ2) is 10.3. The molecule has 0 aromatic carbocycles. The molecule has 0 radical (unpaired) electrons. The Balaban J connectivity index is 1.18. The number of hydrogen-bond donors (Lipinski definition) is 0. The van der Waals surface area contributed by atoms with E-state index in [-0.39, 0.29) is 24.0 Å². The number of hydrogen-bond acceptors (Lipinski definition) is 8. The van der Waals surface area contributed by atoms with Crippen molar-refractivity contribution >= 4 is 17.4 Å². The number of pyridine rings is 1. The number of ether oxygens (including phenoxy) is 1. The van der Waals surface area contributed by atoms with Gasteiger partial charge in [-0.25, -0.2) is 4.39 Å². The van der Waals surface area contributed by atoms with Crippen molar-refractivity contribution in [2.75, 3.05) is 49.6 Å². The highest BCUT2D eigenvalue weighted by atomic mass is 19.1. The molecule has 3 saturated heterocycles. The number of fused-ring (bicyclic) bond motifs is 3. The molecule has 7 rings (SSSR count). The van der Waals surface area contributed by atoms with Gasteiger partial charge in [0.05, 0.1) is 36.2 Å². The Morgan fingerprint density at radius 2 is 2.00 bits per heavy atom. The molecule has 4 atom stereocenters. The van der Waals surface area contributed by atoms with E-state index in [4.69, 9.17) is 14.7 Å². The highest BCUT2D eigenvalue weighted by Crippen LogP contribution is 2.41. The zero-order chi connectivity index (χ0) is 27.4. The molecule has 2 aromatic heterocycles. The van der Waals surface area contributed by atoms with Crippen LogP contribution in [0.15, 0.2) is 25.0 Å². The first-order valence-corrected chi connectivity index (χ1v) is 14.8. The number of anilines is 2. The number of alkyl halides is 1. The molecule has 3 fully saturated rings. The van der Waals surface area contributed by atoms with E-state index in [9.17, 15) is 9.18 Å². The molecule has 1 amide bonds. The van der Waals surface area contributed by atoms with Crippen molar-refractivity contribution in [3.8, 4) is 6.01 Å². The van der Waals surface area contributed by atoms with Crippen molar-refractivity contribution < 1.29 is 13.9 Å². The maximum atomic E-state index is 14.0. The van der Waals surface area contributed by atoms with Gasteiger partial charge in [-0.3, -0.25) is 14.7 Å². The molecule has 0 unspecified atom stereocenters. The molecule has 0 N–H and O–H groups in total. The minimum atomic E-state index is -0.820. The summed E-state index contributed by atoms with van der Waals surface area (Å²) in [5, 5.41) is 0. The lowest BCUT2D eigenvalue weighted by Gasteiger charge is -2.48. The van der Waals surface area contributed by atoms with Crippen molar-refractivity contribution in [3.63, 3.8) is 0 Å². The van der Waals surface area contributed by atoms with E-state index < -0.39 is 6.17 Å². The summed E-state index contributed by atoms with van der Waals surface area (Å²) in [5.41, 5.74) is 6.20. The molecule has 40 heavy (non-hydrogen) atoms. The van der Waals surface area contributed by atoms with Gasteiger partial charge in [0.1, 0.15) is 18.6 Å². The monoisotopic (exact) mass is 547 g/mol. The van der Waals surface area contributed by atoms with Crippen LogP contribution in [-0.2, 0) is 30.6 Å². The maximum Gasteiger partial charge on any atom is 0.318 e. The first-order chi connectivity index (χ1) is 19.5. The van der Waals surface area contributed by atoms with Gasteiger partial charge in [0.25, 0.3) is 0 Å². The van der Waals surface area contributed by atoms with E-state index >= 15 is 0 Å². The lowest BCUT2D eigenvalue weighted by molar-refractivity contribution is -0.127. The molecule has 1 aliphatic carbocycles. The Morgan fingerprint density at radius 1 is 1.12 bits per heavy atom. The predicted molar refractivity (Wildman–Crippen MR) is 151 cm³/mol. The molecule has 0 spiro atoms. The Hall–Kier alpha value is -3.27. The second-order valence-corrected chi connectivity index (χ2v) is 12.0. The van der Waals surface area contributed by atoms with Gasteiger partial charge in [0.2, 0.25) is 5.91 Å². The highest BCUT2D eigenvalue weighted by Gasteiger charge is 2.49. The number of rotatable bonds is 6. The quantitative estimate of drug-likeness (QED) is 0.511. The fraction of sp³-hybridized carbons (Fsp3) is 0.600. The third-order valence-corrected chi connectivity index (χ3v) is 9.68. The maximum absolute atomic E-state index is 14.0. The minimum absolute atomic E-state index is 0.00295. The van der Waals surface area contributed by atoms with Crippen LogP contribution in [-0.4, -0.2) is 94.8 Å². The summed E-state index contributed by atoms with van der Waals surface area (Å²) in [6, 6.07) is 0.807. The van der Waals surface area contributed by atoms with Crippen LogP contribution in [0.2, 0.25) is 0 Å². The van der Waals surface area contributed by atoms with Crippen LogP contribution in [0.4, 0.5) is 15.9 Å². The summed E-state index contributed by atoms with van der Waals surface area (Å²) in [6.45, 7) is 7.54. The van der Waals surface area contributed by atoms with Gasteiger partial charge >= 0.3 is 6.01 Å². The number of halogens is 1. The molecule has 0 saturated carbocycles. The Kier molecular flexibility index (Phi) is 6.60. The van der Waals surface area contributed by atoms with Crippen LogP contribution in [0.1, 0.15) is 48.1 Å². The number of likely N-dealkylation sites (N-methyl/N-ethyl adjacent to an activating group) is 1. The molecule has 5 aliphatic rings. The van der Waals surface area contributed by atoms with Crippen molar-refractivity contribution in [3.05, 3.63) is 47.4 Å². The van der Waals surface area contributed by atoms with Crippen LogP contribution in [0, 0.1) is 0 Å². The highest BCUT2D eigenvalue weighted by molar-refractivity contribution is 5.88. The topological polar surface area (TPSA) is 77.9 Å². The first kappa shape index (κ1) is 25.7. The number of aromatic nitrogens is 3.